The molecule has 152 valence electrons. The van der Waals surface area contributed by atoms with Crippen LogP contribution in [0.3, 0.4) is 0 Å². The molecule has 0 heterocycles. The zero-order chi connectivity index (χ0) is 20.7. The van der Waals surface area contributed by atoms with Gasteiger partial charge >= 0.3 is 0 Å². The molecular formula is C21H28N2O3S2. The number of carbonyl (C=O) groups excluding carboxylic acids is 1. The summed E-state index contributed by atoms with van der Waals surface area (Å²) in [6.45, 7) is 5.53. The second kappa shape index (κ2) is 10.1. The normalized spacial score (nSPS) is 12.8. The minimum atomic E-state index is -3.49. The lowest BCUT2D eigenvalue weighted by molar-refractivity contribution is -0.121. The quantitative estimate of drug-likeness (QED) is 0.603. The highest BCUT2D eigenvalue weighted by molar-refractivity contribution is 7.98. The third kappa shape index (κ3) is 6.65. The van der Waals surface area contributed by atoms with Crippen molar-refractivity contribution in [2.24, 2.45) is 0 Å². The van der Waals surface area contributed by atoms with Crippen LogP contribution in [0.5, 0.6) is 0 Å². The van der Waals surface area contributed by atoms with Crippen LogP contribution in [-0.2, 0) is 21.2 Å². The summed E-state index contributed by atoms with van der Waals surface area (Å²) in [4.78, 5) is 13.7. The molecule has 5 nitrogen and oxygen atoms in total. The molecule has 0 spiro atoms. The number of benzene rings is 2. The summed E-state index contributed by atoms with van der Waals surface area (Å²) in [6, 6.07) is 14.6. The van der Waals surface area contributed by atoms with Gasteiger partial charge in [0.15, 0.2) is 0 Å². The van der Waals surface area contributed by atoms with E-state index in [0.717, 1.165) is 11.1 Å². The number of rotatable bonds is 9. The van der Waals surface area contributed by atoms with Gasteiger partial charge < -0.3 is 5.32 Å². The molecule has 0 bridgehead atoms. The van der Waals surface area contributed by atoms with E-state index in [1.807, 2.05) is 37.4 Å². The van der Waals surface area contributed by atoms with Crippen LogP contribution < -0.4 is 10.0 Å². The predicted molar refractivity (Wildman–Crippen MR) is 115 cm³/mol. The fraction of sp³-hybridized carbons (Fsp3) is 0.381. The van der Waals surface area contributed by atoms with Gasteiger partial charge in [-0.3, -0.25) is 4.79 Å². The first-order valence-electron chi connectivity index (χ1n) is 9.26. The molecule has 28 heavy (non-hydrogen) atoms. The van der Waals surface area contributed by atoms with Gasteiger partial charge in [-0.25, -0.2) is 13.1 Å². The average molecular weight is 421 g/mol. The van der Waals surface area contributed by atoms with E-state index in [1.165, 1.54) is 4.90 Å². The third-order valence-electron chi connectivity index (χ3n) is 4.26. The van der Waals surface area contributed by atoms with Crippen LogP contribution in [0.1, 0.15) is 44.4 Å². The number of hydrogen-bond acceptors (Lipinski definition) is 4. The topological polar surface area (TPSA) is 75.3 Å². The van der Waals surface area contributed by atoms with Crippen molar-refractivity contribution < 1.29 is 13.2 Å². The zero-order valence-electron chi connectivity index (χ0n) is 16.7. The fourth-order valence-corrected chi connectivity index (χ4v) is 4.42. The molecule has 0 radical (unpaired) electrons. The summed E-state index contributed by atoms with van der Waals surface area (Å²) in [5.41, 5.74) is 1.99. The van der Waals surface area contributed by atoms with Crippen LogP contribution in [0.2, 0.25) is 0 Å². The Kier molecular flexibility index (Phi) is 8.10. The minimum Gasteiger partial charge on any atom is -0.350 e. The van der Waals surface area contributed by atoms with E-state index in [9.17, 15) is 13.2 Å². The molecule has 0 saturated carbocycles. The SMILES string of the molecule is CSc1ccc([C@@H](C)NC(=O)CCc2ccc(S(=O)(=O)NC(C)C)cc2)cc1. The molecule has 0 aliphatic rings. The molecular weight excluding hydrogens is 392 g/mol. The first-order valence-corrected chi connectivity index (χ1v) is 12.0. The number of carbonyl (C=O) groups is 1. The summed E-state index contributed by atoms with van der Waals surface area (Å²) >= 11 is 1.69. The number of amides is 1. The highest BCUT2D eigenvalue weighted by atomic mass is 32.2. The van der Waals surface area contributed by atoms with Gasteiger partial charge in [-0.2, -0.15) is 0 Å². The maximum absolute atomic E-state index is 12.2. The van der Waals surface area contributed by atoms with E-state index < -0.39 is 10.0 Å². The van der Waals surface area contributed by atoms with Gasteiger partial charge in [-0.05, 0) is 68.8 Å². The number of aryl methyl sites for hydroxylation is 1. The first-order chi connectivity index (χ1) is 13.2. The highest BCUT2D eigenvalue weighted by Gasteiger charge is 2.15. The van der Waals surface area contributed by atoms with Crippen molar-refractivity contribution in [1.29, 1.82) is 0 Å². The Labute approximate surface area is 172 Å². The smallest absolute Gasteiger partial charge is 0.240 e. The largest absolute Gasteiger partial charge is 0.350 e. The van der Waals surface area contributed by atoms with Crippen molar-refractivity contribution in [2.75, 3.05) is 6.26 Å². The summed E-state index contributed by atoms with van der Waals surface area (Å²) in [6.07, 6.45) is 2.94. The van der Waals surface area contributed by atoms with Crippen molar-refractivity contribution in [2.45, 2.75) is 55.5 Å². The van der Waals surface area contributed by atoms with E-state index >= 15 is 0 Å². The Hall–Kier alpha value is -1.83. The average Bonchev–Trinajstić information content (AvgIpc) is 2.65. The molecule has 0 saturated heterocycles. The van der Waals surface area contributed by atoms with Crippen molar-refractivity contribution >= 4 is 27.7 Å². The lowest BCUT2D eigenvalue weighted by atomic mass is 10.1. The Morgan fingerprint density at radius 2 is 1.61 bits per heavy atom. The maximum Gasteiger partial charge on any atom is 0.240 e. The van der Waals surface area contributed by atoms with Crippen molar-refractivity contribution in [1.82, 2.24) is 10.0 Å². The molecule has 2 aromatic carbocycles. The molecule has 0 aliphatic carbocycles. The van der Waals surface area contributed by atoms with Crippen LogP contribution in [0.15, 0.2) is 58.3 Å². The first kappa shape index (κ1) is 22.5. The van der Waals surface area contributed by atoms with Gasteiger partial charge in [-0.1, -0.05) is 24.3 Å². The van der Waals surface area contributed by atoms with E-state index in [0.29, 0.717) is 12.8 Å². The van der Waals surface area contributed by atoms with Crippen LogP contribution in [0, 0.1) is 0 Å². The summed E-state index contributed by atoms with van der Waals surface area (Å²) in [5.74, 6) is -0.0281. The number of thioether (sulfide) groups is 1. The third-order valence-corrected chi connectivity index (χ3v) is 6.68. The van der Waals surface area contributed by atoms with Crippen LogP contribution in [-0.4, -0.2) is 26.6 Å². The van der Waals surface area contributed by atoms with E-state index in [2.05, 4.69) is 10.0 Å². The summed E-state index contributed by atoms with van der Waals surface area (Å²) < 4.78 is 26.8. The van der Waals surface area contributed by atoms with Crippen LogP contribution in [0.4, 0.5) is 0 Å². The van der Waals surface area contributed by atoms with Gasteiger partial charge in [-0.15, -0.1) is 11.8 Å². The minimum absolute atomic E-state index is 0.0281. The molecule has 2 N–H and O–H groups in total. The second-order valence-corrected chi connectivity index (χ2v) is 9.58. The lowest BCUT2D eigenvalue weighted by Gasteiger charge is -2.15. The highest BCUT2D eigenvalue weighted by Crippen LogP contribution is 2.19. The Balaban J connectivity index is 1.88. The molecule has 1 amide bonds. The molecule has 0 fully saturated rings. The van der Waals surface area contributed by atoms with Crippen LogP contribution >= 0.6 is 11.8 Å². The fourth-order valence-electron chi connectivity index (χ4n) is 2.76. The molecule has 0 aliphatic heterocycles. The summed E-state index contributed by atoms with van der Waals surface area (Å²) in [5, 5.41) is 3.01. The maximum atomic E-state index is 12.2. The standard InChI is InChI=1S/C21H28N2O3S2/c1-15(2)23-28(25,26)20-12-5-17(6-13-20)7-14-21(24)22-16(3)18-8-10-19(27-4)11-9-18/h5-6,8-13,15-16,23H,7,14H2,1-4H3,(H,22,24)/t16-/m1/s1. The molecule has 2 aromatic rings. The number of hydrogen-bond donors (Lipinski definition) is 2. The predicted octanol–water partition coefficient (Wildman–Crippen LogP) is 3.91. The monoisotopic (exact) mass is 420 g/mol. The van der Waals surface area contributed by atoms with E-state index in [4.69, 9.17) is 0 Å². The number of nitrogens with one attached hydrogen (secondary N) is 2. The van der Waals surface area contributed by atoms with Gasteiger partial charge in [0, 0.05) is 17.4 Å². The van der Waals surface area contributed by atoms with Gasteiger partial charge in [0.1, 0.15) is 0 Å². The second-order valence-electron chi connectivity index (χ2n) is 6.98. The van der Waals surface area contributed by atoms with Gasteiger partial charge in [0.05, 0.1) is 10.9 Å². The molecule has 2 rings (SSSR count). The molecule has 7 heteroatoms. The Bertz CT molecular complexity index is 877. The Morgan fingerprint density at radius 1 is 1.00 bits per heavy atom. The van der Waals surface area contributed by atoms with E-state index in [-0.39, 0.29) is 22.9 Å². The molecule has 0 aromatic heterocycles. The Morgan fingerprint density at radius 3 is 2.14 bits per heavy atom. The van der Waals surface area contributed by atoms with E-state index in [1.54, 1.807) is 49.9 Å². The molecule has 0 unspecified atom stereocenters. The lowest BCUT2D eigenvalue weighted by Crippen LogP contribution is -2.30. The van der Waals surface area contributed by atoms with Crippen LogP contribution in [0.25, 0.3) is 0 Å². The van der Waals surface area contributed by atoms with Gasteiger partial charge in [0.25, 0.3) is 0 Å². The zero-order valence-corrected chi connectivity index (χ0v) is 18.4. The molecule has 1 atom stereocenters. The summed E-state index contributed by atoms with van der Waals surface area (Å²) in [7, 11) is -3.49. The number of sulfonamides is 1. The van der Waals surface area contributed by atoms with Crippen molar-refractivity contribution in [3.8, 4) is 0 Å². The van der Waals surface area contributed by atoms with Gasteiger partial charge in [0.2, 0.25) is 15.9 Å². The van der Waals surface area contributed by atoms with Crippen molar-refractivity contribution in [3.05, 3.63) is 59.7 Å². The van der Waals surface area contributed by atoms with Crippen molar-refractivity contribution in [3.63, 3.8) is 0 Å².